The standard InChI is InChI=1S/C7H11NO/c1-3-7(5-6-8)9-4-2/h3,7H,1,4-5H2,2H3. The molecule has 50 valence electrons. The first-order valence-corrected chi connectivity index (χ1v) is 2.96. The molecule has 0 N–H and O–H groups in total. The van der Waals surface area contributed by atoms with Crippen LogP contribution in [0.4, 0.5) is 0 Å². The van der Waals surface area contributed by atoms with Gasteiger partial charge >= 0.3 is 0 Å². The van der Waals surface area contributed by atoms with Crippen molar-refractivity contribution in [2.45, 2.75) is 19.4 Å². The van der Waals surface area contributed by atoms with Crippen molar-refractivity contribution in [3.8, 4) is 6.07 Å². The molecule has 0 aliphatic carbocycles. The molecule has 1 unspecified atom stereocenters. The van der Waals surface area contributed by atoms with Gasteiger partial charge in [0, 0.05) is 6.61 Å². The summed E-state index contributed by atoms with van der Waals surface area (Å²) in [5.41, 5.74) is 0. The van der Waals surface area contributed by atoms with Gasteiger partial charge in [-0.15, -0.1) is 6.58 Å². The van der Waals surface area contributed by atoms with Crippen LogP contribution in [0.25, 0.3) is 0 Å². The third-order valence-electron chi connectivity index (χ3n) is 0.936. The van der Waals surface area contributed by atoms with Gasteiger partial charge < -0.3 is 4.74 Å². The average molecular weight is 125 g/mol. The van der Waals surface area contributed by atoms with Gasteiger partial charge in [-0.2, -0.15) is 5.26 Å². The number of nitrogens with zero attached hydrogens (tertiary/aromatic N) is 1. The van der Waals surface area contributed by atoms with Crippen LogP contribution in [0.5, 0.6) is 0 Å². The normalized spacial score (nSPS) is 12.0. The van der Waals surface area contributed by atoms with Gasteiger partial charge in [0.1, 0.15) is 0 Å². The van der Waals surface area contributed by atoms with Crippen LogP contribution in [0.15, 0.2) is 12.7 Å². The summed E-state index contributed by atoms with van der Waals surface area (Å²) in [6, 6.07) is 2.01. The lowest BCUT2D eigenvalue weighted by atomic mass is 10.3. The Morgan fingerprint density at radius 2 is 2.56 bits per heavy atom. The summed E-state index contributed by atoms with van der Waals surface area (Å²) < 4.78 is 5.09. The molecule has 9 heavy (non-hydrogen) atoms. The molecule has 0 spiro atoms. The monoisotopic (exact) mass is 125 g/mol. The summed E-state index contributed by atoms with van der Waals surface area (Å²) >= 11 is 0. The smallest absolute Gasteiger partial charge is 0.0882 e. The molecule has 0 radical (unpaired) electrons. The molecule has 0 saturated heterocycles. The largest absolute Gasteiger partial charge is 0.373 e. The summed E-state index contributed by atoms with van der Waals surface area (Å²) in [5.74, 6) is 0. The van der Waals surface area contributed by atoms with E-state index in [-0.39, 0.29) is 6.10 Å². The molecular formula is C7H11NO. The summed E-state index contributed by atoms with van der Waals surface area (Å²) in [4.78, 5) is 0. The van der Waals surface area contributed by atoms with E-state index < -0.39 is 0 Å². The lowest BCUT2D eigenvalue weighted by Gasteiger charge is -2.05. The van der Waals surface area contributed by atoms with E-state index in [4.69, 9.17) is 10.00 Å². The molecule has 0 aromatic heterocycles. The Morgan fingerprint density at radius 1 is 1.89 bits per heavy atom. The Bertz CT molecular complexity index is 115. The molecular weight excluding hydrogens is 114 g/mol. The van der Waals surface area contributed by atoms with Crippen molar-refractivity contribution < 1.29 is 4.74 Å². The second-order valence-corrected chi connectivity index (χ2v) is 1.59. The van der Waals surface area contributed by atoms with Gasteiger partial charge in [-0.1, -0.05) is 6.08 Å². The van der Waals surface area contributed by atoms with Crippen molar-refractivity contribution in [2.75, 3.05) is 6.61 Å². The van der Waals surface area contributed by atoms with Crippen molar-refractivity contribution in [2.24, 2.45) is 0 Å². The van der Waals surface area contributed by atoms with Crippen LogP contribution in [-0.2, 0) is 4.74 Å². The Kier molecular flexibility index (Phi) is 4.85. The zero-order valence-electron chi connectivity index (χ0n) is 5.63. The quantitative estimate of drug-likeness (QED) is 0.533. The van der Waals surface area contributed by atoms with E-state index in [2.05, 4.69) is 6.58 Å². The predicted molar refractivity (Wildman–Crippen MR) is 35.8 cm³/mol. The second kappa shape index (κ2) is 5.33. The van der Waals surface area contributed by atoms with Gasteiger partial charge in [0.2, 0.25) is 0 Å². The van der Waals surface area contributed by atoms with E-state index in [0.29, 0.717) is 13.0 Å². The third-order valence-corrected chi connectivity index (χ3v) is 0.936. The van der Waals surface area contributed by atoms with E-state index in [1.54, 1.807) is 6.08 Å². The Balaban J connectivity index is 3.44. The molecule has 1 atom stereocenters. The molecule has 0 aromatic carbocycles. The van der Waals surface area contributed by atoms with Gasteiger partial charge in [0.15, 0.2) is 0 Å². The minimum Gasteiger partial charge on any atom is -0.373 e. The molecule has 0 heterocycles. The highest BCUT2D eigenvalue weighted by Gasteiger charge is 1.99. The zero-order valence-corrected chi connectivity index (χ0v) is 5.63. The fourth-order valence-electron chi connectivity index (χ4n) is 0.514. The van der Waals surface area contributed by atoms with Crippen LogP contribution in [0, 0.1) is 11.3 Å². The van der Waals surface area contributed by atoms with Crippen LogP contribution in [0.3, 0.4) is 0 Å². The summed E-state index contributed by atoms with van der Waals surface area (Å²) in [5, 5.41) is 8.22. The molecule has 0 aliphatic rings. The van der Waals surface area contributed by atoms with Gasteiger partial charge in [-0.25, -0.2) is 0 Å². The first-order valence-electron chi connectivity index (χ1n) is 2.96. The summed E-state index contributed by atoms with van der Waals surface area (Å²) in [7, 11) is 0. The van der Waals surface area contributed by atoms with Gasteiger partial charge in [0.25, 0.3) is 0 Å². The maximum Gasteiger partial charge on any atom is 0.0882 e. The molecule has 0 fully saturated rings. The van der Waals surface area contributed by atoms with Crippen molar-refractivity contribution in [3.63, 3.8) is 0 Å². The maximum atomic E-state index is 8.22. The highest BCUT2D eigenvalue weighted by Crippen LogP contribution is 1.96. The topological polar surface area (TPSA) is 33.0 Å². The molecule has 0 rings (SSSR count). The van der Waals surface area contributed by atoms with E-state index in [9.17, 15) is 0 Å². The second-order valence-electron chi connectivity index (χ2n) is 1.59. The minimum atomic E-state index is -0.0833. The maximum absolute atomic E-state index is 8.22. The van der Waals surface area contributed by atoms with E-state index >= 15 is 0 Å². The predicted octanol–water partition coefficient (Wildman–Crippen LogP) is 1.49. The highest BCUT2D eigenvalue weighted by molar-refractivity contribution is 4.87. The Hall–Kier alpha value is -0.810. The highest BCUT2D eigenvalue weighted by atomic mass is 16.5. The number of ether oxygens (including phenoxy) is 1. The molecule has 0 saturated carbocycles. The van der Waals surface area contributed by atoms with Crippen LogP contribution in [0.2, 0.25) is 0 Å². The Labute approximate surface area is 55.7 Å². The first-order chi connectivity index (χ1) is 4.35. The van der Waals surface area contributed by atoms with Gasteiger partial charge in [0.05, 0.1) is 18.6 Å². The molecule has 0 aliphatic heterocycles. The molecule has 0 bridgehead atoms. The van der Waals surface area contributed by atoms with E-state index in [0.717, 1.165) is 0 Å². The number of rotatable bonds is 4. The van der Waals surface area contributed by atoms with Crippen molar-refractivity contribution >= 4 is 0 Å². The first kappa shape index (κ1) is 8.19. The summed E-state index contributed by atoms with van der Waals surface area (Å²) in [6.07, 6.45) is 1.96. The lowest BCUT2D eigenvalue weighted by Crippen LogP contribution is -2.07. The third kappa shape index (κ3) is 3.75. The molecule has 0 amide bonds. The zero-order chi connectivity index (χ0) is 7.11. The summed E-state index contributed by atoms with van der Waals surface area (Å²) in [6.45, 7) is 6.06. The van der Waals surface area contributed by atoms with Crippen LogP contribution in [0.1, 0.15) is 13.3 Å². The van der Waals surface area contributed by atoms with Crippen molar-refractivity contribution in [1.82, 2.24) is 0 Å². The number of hydrogen-bond donors (Lipinski definition) is 0. The van der Waals surface area contributed by atoms with Crippen LogP contribution in [-0.4, -0.2) is 12.7 Å². The molecule has 2 heteroatoms. The average Bonchev–Trinajstić information content (AvgIpc) is 1.88. The number of hydrogen-bond acceptors (Lipinski definition) is 2. The molecule has 2 nitrogen and oxygen atoms in total. The number of nitriles is 1. The van der Waals surface area contributed by atoms with E-state index in [1.807, 2.05) is 13.0 Å². The lowest BCUT2D eigenvalue weighted by molar-refractivity contribution is 0.0999. The minimum absolute atomic E-state index is 0.0833. The van der Waals surface area contributed by atoms with Gasteiger partial charge in [-0.3, -0.25) is 0 Å². The Morgan fingerprint density at radius 3 is 2.89 bits per heavy atom. The van der Waals surface area contributed by atoms with E-state index in [1.165, 1.54) is 0 Å². The van der Waals surface area contributed by atoms with Crippen molar-refractivity contribution in [1.29, 1.82) is 5.26 Å². The van der Waals surface area contributed by atoms with Crippen molar-refractivity contribution in [3.05, 3.63) is 12.7 Å². The molecule has 0 aromatic rings. The fraction of sp³-hybridized carbons (Fsp3) is 0.571. The van der Waals surface area contributed by atoms with Gasteiger partial charge in [-0.05, 0) is 6.92 Å². The fourth-order valence-corrected chi connectivity index (χ4v) is 0.514. The van der Waals surface area contributed by atoms with Crippen LogP contribution >= 0.6 is 0 Å². The SMILES string of the molecule is C=CC(CC#N)OCC. The van der Waals surface area contributed by atoms with Crippen LogP contribution < -0.4 is 0 Å².